The Labute approximate surface area is 140 Å². The van der Waals surface area contributed by atoms with Crippen LogP contribution in [0.5, 0.6) is 0 Å². The molecule has 0 saturated carbocycles. The second-order valence-electron chi connectivity index (χ2n) is 3.15. The van der Waals surface area contributed by atoms with Crippen LogP contribution in [0, 0.1) is 0 Å². The molecule has 0 atom stereocenters. The zero-order valence-electron chi connectivity index (χ0n) is 11.0. The van der Waals surface area contributed by atoms with E-state index in [4.69, 9.17) is 0 Å². The van der Waals surface area contributed by atoms with Crippen molar-refractivity contribution >= 4 is 61.2 Å². The summed E-state index contributed by atoms with van der Waals surface area (Å²) in [5.74, 6) is -2.57. The van der Waals surface area contributed by atoms with Gasteiger partial charge in [0.2, 0.25) is 0 Å². The van der Waals surface area contributed by atoms with Crippen LogP contribution in [-0.4, -0.2) is 72.2 Å². The molecule has 0 rings (SSSR count). The molecular weight excluding hydrogens is 288 g/mol. The quantitative estimate of drug-likeness (QED) is 0.453. The number of hydrogen-bond donors (Lipinski definition) is 0. The zero-order chi connectivity index (χ0) is 13.1. The molecule has 0 amide bonds. The smallest absolute Gasteiger partial charge is 0.550 e. The standard InChI is InChI=1S/2C5H8O3.Ca.2H2O/c2*1-4(6)2-3-5(7)8;;;/h2*2-3H2,1H3,(H,7,8);;2*1H2/q;;+2;;/p-2. The van der Waals surface area contributed by atoms with Gasteiger partial charge in [-0.15, -0.1) is 0 Å². The fourth-order valence-corrected chi connectivity index (χ4v) is 0.556. The summed E-state index contributed by atoms with van der Waals surface area (Å²) in [6.07, 6.45) is -0.144. The number of carboxylic acids is 2. The molecule has 0 heterocycles. The van der Waals surface area contributed by atoms with E-state index in [0.29, 0.717) is 0 Å². The van der Waals surface area contributed by atoms with Crippen molar-refractivity contribution in [3.8, 4) is 0 Å². The van der Waals surface area contributed by atoms with Gasteiger partial charge in [0.25, 0.3) is 0 Å². The van der Waals surface area contributed by atoms with Crippen LogP contribution in [0.3, 0.4) is 0 Å². The summed E-state index contributed by atoms with van der Waals surface area (Å²) in [6.45, 7) is 2.70. The molecule has 0 aliphatic heterocycles. The number of rotatable bonds is 6. The van der Waals surface area contributed by atoms with Gasteiger partial charge in [-0.1, -0.05) is 0 Å². The van der Waals surface area contributed by atoms with Crippen molar-refractivity contribution in [3.63, 3.8) is 0 Å². The maximum absolute atomic E-state index is 10.1. The maximum atomic E-state index is 10.1. The topological polar surface area (TPSA) is 177 Å². The van der Waals surface area contributed by atoms with E-state index in [1.54, 1.807) is 0 Å². The minimum atomic E-state index is -1.17. The first-order valence-electron chi connectivity index (χ1n) is 4.64. The zero-order valence-corrected chi connectivity index (χ0v) is 13.2. The minimum Gasteiger partial charge on any atom is -0.550 e. The van der Waals surface area contributed by atoms with E-state index in [1.165, 1.54) is 13.8 Å². The second kappa shape index (κ2) is 19.8. The van der Waals surface area contributed by atoms with E-state index in [2.05, 4.69) is 0 Å². The molecule has 0 fully saturated rings. The predicted molar refractivity (Wildman–Crippen MR) is 62.8 cm³/mol. The largest absolute Gasteiger partial charge is 2.00 e. The van der Waals surface area contributed by atoms with Crippen LogP contribution >= 0.6 is 0 Å². The van der Waals surface area contributed by atoms with Crippen LogP contribution in [0.15, 0.2) is 0 Å². The van der Waals surface area contributed by atoms with Crippen LogP contribution in [0.2, 0.25) is 0 Å². The molecule has 0 radical (unpaired) electrons. The number of Topliss-reactive ketones (excluding diaryl/α,β-unsaturated/α-hetero) is 2. The number of carboxylic acid groups (broad SMARTS) is 2. The van der Waals surface area contributed by atoms with E-state index < -0.39 is 11.9 Å². The first kappa shape index (κ1) is 31.1. The van der Waals surface area contributed by atoms with E-state index in [0.717, 1.165) is 0 Å². The molecule has 19 heavy (non-hydrogen) atoms. The second-order valence-corrected chi connectivity index (χ2v) is 3.15. The molecule has 0 unspecified atom stereocenters. The monoisotopic (exact) mass is 306 g/mol. The summed E-state index contributed by atoms with van der Waals surface area (Å²) in [5, 5.41) is 19.3. The minimum absolute atomic E-state index is 0. The van der Waals surface area contributed by atoms with Gasteiger partial charge in [0.15, 0.2) is 0 Å². The Morgan fingerprint density at radius 2 is 0.895 bits per heavy atom. The Bertz CT molecular complexity index is 221. The van der Waals surface area contributed by atoms with Gasteiger partial charge < -0.3 is 40.3 Å². The van der Waals surface area contributed by atoms with Crippen LogP contribution in [0.1, 0.15) is 39.5 Å². The van der Waals surface area contributed by atoms with Crippen molar-refractivity contribution in [1.29, 1.82) is 0 Å². The maximum Gasteiger partial charge on any atom is 2.00 e. The van der Waals surface area contributed by atoms with Gasteiger partial charge in [0, 0.05) is 24.8 Å². The summed E-state index contributed by atoms with van der Waals surface area (Å²) in [6, 6.07) is 0. The third-order valence-electron chi connectivity index (χ3n) is 1.36. The van der Waals surface area contributed by atoms with Gasteiger partial charge in [-0.3, -0.25) is 0 Å². The van der Waals surface area contributed by atoms with Crippen molar-refractivity contribution in [1.82, 2.24) is 0 Å². The summed E-state index contributed by atoms with van der Waals surface area (Å²) in [5.41, 5.74) is 0. The molecule has 9 heteroatoms. The summed E-state index contributed by atoms with van der Waals surface area (Å²) < 4.78 is 0. The Morgan fingerprint density at radius 3 is 0.947 bits per heavy atom. The van der Waals surface area contributed by atoms with Crippen LogP contribution in [0.4, 0.5) is 0 Å². The molecule has 108 valence electrons. The number of hydrogen-bond acceptors (Lipinski definition) is 6. The molecule has 0 bridgehead atoms. The average Bonchev–Trinajstić information content (AvgIpc) is 2.12. The Balaban J connectivity index is -0.0000000594. The molecular formula is C10H18CaO8. The number of aliphatic carboxylic acids is 2. The molecule has 0 aromatic heterocycles. The number of carbonyl (C=O) groups excluding carboxylic acids is 4. The Hall–Kier alpha value is -0.540. The first-order chi connectivity index (χ1) is 7.25. The van der Waals surface area contributed by atoms with Gasteiger partial charge in [-0.2, -0.15) is 0 Å². The van der Waals surface area contributed by atoms with Gasteiger partial charge in [0.1, 0.15) is 11.6 Å². The van der Waals surface area contributed by atoms with Crippen LogP contribution in [-0.2, 0) is 19.2 Å². The number of carbonyl (C=O) groups is 4. The third kappa shape index (κ3) is 46.6. The van der Waals surface area contributed by atoms with Crippen molar-refractivity contribution in [3.05, 3.63) is 0 Å². The predicted octanol–water partition coefficient (Wildman–Crippen LogP) is -3.82. The van der Waals surface area contributed by atoms with Gasteiger partial charge in [0.05, 0.1) is 0 Å². The summed E-state index contributed by atoms with van der Waals surface area (Å²) >= 11 is 0. The SMILES string of the molecule is CC(=O)CCC(=O)[O-].CC(=O)CCC(=O)[O-].O.O.[Ca+2]. The van der Waals surface area contributed by atoms with Gasteiger partial charge in [-0.05, 0) is 26.7 Å². The van der Waals surface area contributed by atoms with Gasteiger partial charge >= 0.3 is 37.7 Å². The Morgan fingerprint density at radius 1 is 0.684 bits per heavy atom. The molecule has 8 nitrogen and oxygen atoms in total. The fraction of sp³-hybridized carbons (Fsp3) is 0.600. The molecule has 0 saturated heterocycles. The van der Waals surface area contributed by atoms with Crippen molar-refractivity contribution in [2.24, 2.45) is 0 Å². The molecule has 0 aliphatic carbocycles. The van der Waals surface area contributed by atoms with E-state index in [-0.39, 0.29) is 85.9 Å². The molecule has 4 N–H and O–H groups in total. The van der Waals surface area contributed by atoms with Crippen LogP contribution < -0.4 is 10.2 Å². The van der Waals surface area contributed by atoms with E-state index >= 15 is 0 Å². The van der Waals surface area contributed by atoms with Gasteiger partial charge in [-0.25, -0.2) is 0 Å². The summed E-state index contributed by atoms with van der Waals surface area (Å²) in [7, 11) is 0. The first-order valence-corrected chi connectivity index (χ1v) is 4.64. The van der Waals surface area contributed by atoms with Crippen molar-refractivity contribution < 1.29 is 40.3 Å². The molecule has 0 spiro atoms. The summed E-state index contributed by atoms with van der Waals surface area (Å²) in [4.78, 5) is 39.4. The molecule has 0 aliphatic rings. The van der Waals surface area contributed by atoms with E-state index in [1.807, 2.05) is 0 Å². The van der Waals surface area contributed by atoms with E-state index in [9.17, 15) is 29.4 Å². The molecule has 0 aromatic carbocycles. The number of ketones is 2. The molecule has 0 aromatic rings. The third-order valence-corrected chi connectivity index (χ3v) is 1.36. The van der Waals surface area contributed by atoms with Crippen molar-refractivity contribution in [2.45, 2.75) is 39.5 Å². The average molecular weight is 306 g/mol. The Kier molecular flexibility index (Phi) is 32.4. The van der Waals surface area contributed by atoms with Crippen LogP contribution in [0.25, 0.3) is 0 Å². The van der Waals surface area contributed by atoms with Crippen molar-refractivity contribution in [2.75, 3.05) is 0 Å². The fourth-order valence-electron chi connectivity index (χ4n) is 0.556. The normalized spacial score (nSPS) is 7.26.